The minimum Gasteiger partial charge on any atom is -0.463 e. The average molecular weight is 904 g/mol. The number of nitrogens with two attached hydrogens (primary N) is 1. The third-order valence-corrected chi connectivity index (χ3v) is 11.1. The molecular formula is C54H61N7O6. The zero-order valence-electron chi connectivity index (χ0n) is 40.8. The summed E-state index contributed by atoms with van der Waals surface area (Å²) in [6, 6.07) is 24.2. The number of benzene rings is 4. The maximum Gasteiger partial charge on any atom is 0.414 e. The lowest BCUT2D eigenvalue weighted by molar-refractivity contribution is -0.385. The van der Waals surface area contributed by atoms with Crippen LogP contribution in [0, 0.1) is 65.5 Å². The van der Waals surface area contributed by atoms with Crippen LogP contribution in [0.3, 0.4) is 0 Å². The summed E-state index contributed by atoms with van der Waals surface area (Å²) >= 11 is 0. The van der Waals surface area contributed by atoms with Crippen LogP contribution in [0.4, 0.5) is 21.9 Å². The number of fused-ring (bicyclic) bond motifs is 4. The van der Waals surface area contributed by atoms with E-state index in [1.54, 1.807) is 32.6 Å². The molecule has 0 atom stereocenters. The molecule has 0 bridgehead atoms. The summed E-state index contributed by atoms with van der Waals surface area (Å²) in [5, 5.41) is 14.9. The molecule has 0 fully saturated rings. The van der Waals surface area contributed by atoms with Crippen molar-refractivity contribution in [1.29, 1.82) is 0 Å². The van der Waals surface area contributed by atoms with Gasteiger partial charge in [-0.05, 0) is 154 Å². The number of hydrogen-bond acceptors (Lipinski definition) is 11. The smallest absolute Gasteiger partial charge is 0.414 e. The standard InChI is InChI=1S/C16H20N2O2.C16H19NO2.C11H10N2O2.C11H12N2/c1-10(2)20-16(19)18(5)15-9-17-14-7-6-11(3)8-13(14)12(15)4;1-10(2)19-16(18)8-13-9-17-15-6-5-11(3)7-14(15)12(13)4;1-7-3-4-10-9(5-7)8(2)11(6-12-10)13(14)15;1-7-3-4-11-9(5-7)8(2)10(12)6-13-11/h6-10H,1-5H3;5-7,9-10H,8H2,1-4H3;3-6H,1-2H3;3-6H,12H2,1-2H3. The van der Waals surface area contributed by atoms with Crippen molar-refractivity contribution in [2.24, 2.45) is 0 Å². The van der Waals surface area contributed by atoms with Crippen molar-refractivity contribution in [3.63, 3.8) is 0 Å². The first-order chi connectivity index (χ1) is 31.6. The van der Waals surface area contributed by atoms with E-state index in [-0.39, 0.29) is 36.4 Å². The number of aromatic nitrogens is 4. The molecule has 1 amide bonds. The Bertz CT molecular complexity index is 3110. The number of nitro groups is 1. The van der Waals surface area contributed by atoms with Crippen LogP contribution in [0.2, 0.25) is 0 Å². The minimum absolute atomic E-state index is 0.0769. The number of carbonyl (C=O) groups excluding carboxylic acids is 2. The highest BCUT2D eigenvalue weighted by atomic mass is 16.6. The Morgan fingerprint density at radius 3 is 1.45 bits per heavy atom. The van der Waals surface area contributed by atoms with E-state index in [1.165, 1.54) is 27.8 Å². The summed E-state index contributed by atoms with van der Waals surface area (Å²) in [6.45, 7) is 23.3. The molecule has 0 spiro atoms. The number of aryl methyl sites for hydroxylation is 8. The van der Waals surface area contributed by atoms with Gasteiger partial charge in [0, 0.05) is 40.4 Å². The van der Waals surface area contributed by atoms with Gasteiger partial charge in [0.25, 0.3) is 5.69 Å². The predicted molar refractivity (Wildman–Crippen MR) is 271 cm³/mol. The van der Waals surface area contributed by atoms with Gasteiger partial charge in [0.2, 0.25) is 0 Å². The molecule has 2 N–H and O–H groups in total. The van der Waals surface area contributed by atoms with Crippen LogP contribution in [0.1, 0.15) is 77.8 Å². The number of hydrogen-bond donors (Lipinski definition) is 1. The summed E-state index contributed by atoms with van der Waals surface area (Å²) in [6.07, 6.45) is 6.21. The molecule has 0 aliphatic heterocycles. The van der Waals surface area contributed by atoms with E-state index in [9.17, 15) is 19.7 Å². The molecule has 0 unspecified atom stereocenters. The second kappa shape index (κ2) is 22.1. The number of anilines is 2. The summed E-state index contributed by atoms with van der Waals surface area (Å²) < 4.78 is 10.4. The summed E-state index contributed by atoms with van der Waals surface area (Å²) in [5.74, 6) is -0.202. The number of carbonyl (C=O) groups is 2. The van der Waals surface area contributed by atoms with Crippen molar-refractivity contribution in [3.05, 3.63) is 158 Å². The lowest BCUT2D eigenvalue weighted by Gasteiger charge is -2.21. The van der Waals surface area contributed by atoms with E-state index < -0.39 is 4.92 Å². The fourth-order valence-corrected chi connectivity index (χ4v) is 7.33. The van der Waals surface area contributed by atoms with Crippen LogP contribution in [0.5, 0.6) is 0 Å². The van der Waals surface area contributed by atoms with E-state index in [0.717, 1.165) is 82.8 Å². The van der Waals surface area contributed by atoms with Crippen LogP contribution >= 0.6 is 0 Å². The first-order valence-corrected chi connectivity index (χ1v) is 22.1. The fraction of sp³-hybridized carbons (Fsp3) is 0.296. The van der Waals surface area contributed by atoms with Gasteiger partial charge in [-0.1, -0.05) is 46.5 Å². The van der Waals surface area contributed by atoms with Gasteiger partial charge in [0.15, 0.2) is 0 Å². The van der Waals surface area contributed by atoms with E-state index in [0.29, 0.717) is 5.56 Å². The van der Waals surface area contributed by atoms with Crippen molar-refractivity contribution in [2.45, 2.75) is 102 Å². The van der Waals surface area contributed by atoms with Crippen LogP contribution in [0.15, 0.2) is 97.6 Å². The second-order valence-corrected chi connectivity index (χ2v) is 17.3. The molecule has 8 rings (SSSR count). The van der Waals surface area contributed by atoms with E-state index in [2.05, 4.69) is 58.0 Å². The van der Waals surface area contributed by atoms with Gasteiger partial charge in [-0.25, -0.2) is 9.78 Å². The largest absolute Gasteiger partial charge is 0.463 e. The highest BCUT2D eigenvalue weighted by Crippen LogP contribution is 2.28. The van der Waals surface area contributed by atoms with Gasteiger partial charge in [-0.2, -0.15) is 0 Å². The summed E-state index contributed by atoms with van der Waals surface area (Å²) in [5.41, 5.74) is 20.6. The zero-order chi connectivity index (χ0) is 49.3. The SMILES string of the molecule is Cc1ccc2ncc(CC(=O)OC(C)C)c(C)c2c1.Cc1ccc2ncc(N(C)C(=O)OC(C)C)c(C)c2c1.Cc1ccc2ncc(N)c(C)c2c1.Cc1ccc2ncc([N+](=O)[O-])c(C)c2c1. The highest BCUT2D eigenvalue weighted by molar-refractivity contribution is 5.94. The molecule has 13 nitrogen and oxygen atoms in total. The van der Waals surface area contributed by atoms with Crippen molar-refractivity contribution in [3.8, 4) is 0 Å². The van der Waals surface area contributed by atoms with Gasteiger partial charge < -0.3 is 15.2 Å². The molecule has 67 heavy (non-hydrogen) atoms. The second-order valence-electron chi connectivity index (χ2n) is 17.3. The molecule has 0 aliphatic carbocycles. The molecule has 8 aromatic rings. The van der Waals surface area contributed by atoms with Gasteiger partial charge >= 0.3 is 12.1 Å². The van der Waals surface area contributed by atoms with Crippen molar-refractivity contribution >= 4 is 72.7 Å². The number of rotatable bonds is 6. The van der Waals surface area contributed by atoms with Crippen LogP contribution in [-0.4, -0.2) is 56.2 Å². The van der Waals surface area contributed by atoms with E-state index in [4.69, 9.17) is 15.2 Å². The Hall–Kier alpha value is -7.54. The maximum absolute atomic E-state index is 12.0. The van der Waals surface area contributed by atoms with Crippen LogP contribution < -0.4 is 10.6 Å². The van der Waals surface area contributed by atoms with Gasteiger partial charge in [0.1, 0.15) is 6.20 Å². The number of nitrogen functional groups attached to an aromatic ring is 1. The van der Waals surface area contributed by atoms with Gasteiger partial charge in [0.05, 0.1) is 69.4 Å². The molecule has 0 saturated heterocycles. The summed E-state index contributed by atoms with van der Waals surface area (Å²) in [7, 11) is 1.70. The lowest BCUT2D eigenvalue weighted by Crippen LogP contribution is -2.29. The molecular weight excluding hydrogens is 843 g/mol. The van der Waals surface area contributed by atoms with E-state index in [1.807, 2.05) is 111 Å². The molecule has 0 aliphatic rings. The van der Waals surface area contributed by atoms with E-state index >= 15 is 0 Å². The molecule has 4 heterocycles. The number of pyridine rings is 4. The van der Waals surface area contributed by atoms with Crippen LogP contribution in [-0.2, 0) is 20.7 Å². The monoisotopic (exact) mass is 903 g/mol. The normalized spacial score (nSPS) is 10.8. The maximum atomic E-state index is 12.0. The van der Waals surface area contributed by atoms with Crippen molar-refractivity contribution in [2.75, 3.05) is 17.7 Å². The van der Waals surface area contributed by atoms with Gasteiger partial charge in [-0.3, -0.25) is 34.8 Å². The Kier molecular flexibility index (Phi) is 16.6. The quantitative estimate of drug-likeness (QED) is 0.0954. The molecule has 0 radical (unpaired) electrons. The van der Waals surface area contributed by atoms with Crippen molar-refractivity contribution in [1.82, 2.24) is 19.9 Å². The topological polar surface area (TPSA) is 177 Å². The molecule has 13 heteroatoms. The number of nitrogens with zero attached hydrogens (tertiary/aromatic N) is 6. The first-order valence-electron chi connectivity index (χ1n) is 22.1. The van der Waals surface area contributed by atoms with Crippen LogP contribution in [0.25, 0.3) is 43.6 Å². The zero-order valence-corrected chi connectivity index (χ0v) is 40.8. The molecule has 4 aromatic carbocycles. The minimum atomic E-state index is -0.399. The molecule has 348 valence electrons. The summed E-state index contributed by atoms with van der Waals surface area (Å²) in [4.78, 5) is 52.7. The number of amides is 1. The third kappa shape index (κ3) is 12.8. The Labute approximate surface area is 392 Å². The fourth-order valence-electron chi connectivity index (χ4n) is 7.33. The Morgan fingerprint density at radius 2 is 0.985 bits per heavy atom. The first kappa shape index (κ1) is 50.5. The Balaban J connectivity index is 0.000000169. The highest BCUT2D eigenvalue weighted by Gasteiger charge is 2.18. The lowest BCUT2D eigenvalue weighted by atomic mass is 10.0. The molecule has 0 saturated carbocycles. The average Bonchev–Trinajstić information content (AvgIpc) is 3.27. The van der Waals surface area contributed by atoms with Gasteiger partial charge in [-0.15, -0.1) is 0 Å². The molecule has 4 aromatic heterocycles. The Morgan fingerprint density at radius 1 is 0.582 bits per heavy atom. The van der Waals surface area contributed by atoms with Crippen molar-refractivity contribution < 1.29 is 24.0 Å². The predicted octanol–water partition coefficient (Wildman–Crippen LogP) is 12.4. The number of esters is 1. The number of ether oxygens (including phenoxy) is 2. The third-order valence-electron chi connectivity index (χ3n) is 11.1.